The van der Waals surface area contributed by atoms with Crippen LogP contribution in [0, 0.1) is 5.41 Å². The topological polar surface area (TPSA) is 78.5 Å². The third-order valence-corrected chi connectivity index (χ3v) is 4.09. The Kier molecular flexibility index (Phi) is 5.03. The standard InChI is InChI=1S/C17H23N3O3/c1-4-20(5-2)16(23)17(9-10-17)15(22)19-14-8-6-7-13(11-14)18-12(3)21/h6-8,11H,4-5,9-10H2,1-3H3,(H,18,21)(H,19,22). The summed E-state index contributed by atoms with van der Waals surface area (Å²) in [5.41, 5.74) is 0.255. The number of rotatable bonds is 6. The van der Waals surface area contributed by atoms with Gasteiger partial charge < -0.3 is 15.5 Å². The van der Waals surface area contributed by atoms with E-state index in [1.54, 1.807) is 29.2 Å². The fourth-order valence-electron chi connectivity index (χ4n) is 2.61. The van der Waals surface area contributed by atoms with Crippen LogP contribution in [0.15, 0.2) is 24.3 Å². The molecule has 0 unspecified atom stereocenters. The molecule has 6 heteroatoms. The van der Waals surface area contributed by atoms with Gasteiger partial charge in [0, 0.05) is 31.4 Å². The monoisotopic (exact) mass is 317 g/mol. The van der Waals surface area contributed by atoms with Crippen molar-refractivity contribution < 1.29 is 14.4 Å². The van der Waals surface area contributed by atoms with E-state index in [4.69, 9.17) is 0 Å². The third-order valence-electron chi connectivity index (χ3n) is 4.09. The Morgan fingerprint density at radius 2 is 1.65 bits per heavy atom. The number of nitrogens with one attached hydrogen (secondary N) is 2. The maximum Gasteiger partial charge on any atom is 0.240 e. The molecule has 124 valence electrons. The fourth-order valence-corrected chi connectivity index (χ4v) is 2.61. The van der Waals surface area contributed by atoms with Gasteiger partial charge in [-0.1, -0.05) is 6.07 Å². The maximum absolute atomic E-state index is 12.6. The predicted octanol–water partition coefficient (Wildman–Crippen LogP) is 2.23. The molecule has 1 fully saturated rings. The van der Waals surface area contributed by atoms with E-state index < -0.39 is 5.41 Å². The van der Waals surface area contributed by atoms with Crippen molar-refractivity contribution in [2.24, 2.45) is 5.41 Å². The van der Waals surface area contributed by atoms with Gasteiger partial charge in [-0.15, -0.1) is 0 Å². The van der Waals surface area contributed by atoms with Gasteiger partial charge in [0.15, 0.2) is 0 Å². The number of hydrogen-bond donors (Lipinski definition) is 2. The van der Waals surface area contributed by atoms with Crippen LogP contribution in [0.4, 0.5) is 11.4 Å². The Labute approximate surface area is 136 Å². The smallest absolute Gasteiger partial charge is 0.240 e. The molecular weight excluding hydrogens is 294 g/mol. The molecular formula is C17H23N3O3. The first-order valence-corrected chi connectivity index (χ1v) is 7.91. The lowest BCUT2D eigenvalue weighted by atomic mass is 10.0. The highest BCUT2D eigenvalue weighted by atomic mass is 16.2. The van der Waals surface area contributed by atoms with Crippen LogP contribution in [-0.2, 0) is 14.4 Å². The molecule has 1 aliphatic rings. The number of carbonyl (C=O) groups excluding carboxylic acids is 3. The van der Waals surface area contributed by atoms with Gasteiger partial charge in [0.25, 0.3) is 0 Å². The number of nitrogens with zero attached hydrogens (tertiary/aromatic N) is 1. The largest absolute Gasteiger partial charge is 0.342 e. The molecule has 1 aromatic carbocycles. The van der Waals surface area contributed by atoms with Crippen molar-refractivity contribution in [2.75, 3.05) is 23.7 Å². The highest BCUT2D eigenvalue weighted by Gasteiger charge is 2.57. The molecule has 3 amide bonds. The van der Waals surface area contributed by atoms with Gasteiger partial charge in [-0.2, -0.15) is 0 Å². The van der Waals surface area contributed by atoms with Crippen LogP contribution in [0.25, 0.3) is 0 Å². The first-order valence-electron chi connectivity index (χ1n) is 7.91. The average molecular weight is 317 g/mol. The van der Waals surface area contributed by atoms with Gasteiger partial charge in [0.1, 0.15) is 5.41 Å². The van der Waals surface area contributed by atoms with E-state index >= 15 is 0 Å². The first kappa shape index (κ1) is 17.0. The Hall–Kier alpha value is -2.37. The van der Waals surface area contributed by atoms with Gasteiger partial charge in [0.05, 0.1) is 0 Å². The molecule has 0 heterocycles. The van der Waals surface area contributed by atoms with E-state index in [-0.39, 0.29) is 17.7 Å². The van der Waals surface area contributed by atoms with Crippen molar-refractivity contribution in [3.05, 3.63) is 24.3 Å². The predicted molar refractivity (Wildman–Crippen MR) is 89.0 cm³/mol. The molecule has 0 aromatic heterocycles. The molecule has 0 radical (unpaired) electrons. The average Bonchev–Trinajstić information content (AvgIpc) is 3.29. The molecule has 1 saturated carbocycles. The van der Waals surface area contributed by atoms with Gasteiger partial charge in [0.2, 0.25) is 17.7 Å². The summed E-state index contributed by atoms with van der Waals surface area (Å²) in [6, 6.07) is 6.90. The highest BCUT2D eigenvalue weighted by molar-refractivity contribution is 6.13. The lowest BCUT2D eigenvalue weighted by Gasteiger charge is -2.24. The first-order chi connectivity index (χ1) is 10.9. The number of benzene rings is 1. The van der Waals surface area contributed by atoms with Gasteiger partial charge in [-0.25, -0.2) is 0 Å². The minimum Gasteiger partial charge on any atom is -0.342 e. The lowest BCUT2D eigenvalue weighted by Crippen LogP contribution is -2.42. The van der Waals surface area contributed by atoms with Gasteiger partial charge >= 0.3 is 0 Å². The Bertz CT molecular complexity index is 619. The van der Waals surface area contributed by atoms with Crippen LogP contribution < -0.4 is 10.6 Å². The van der Waals surface area contributed by atoms with Crippen molar-refractivity contribution in [3.8, 4) is 0 Å². The van der Waals surface area contributed by atoms with E-state index in [2.05, 4.69) is 10.6 Å². The SMILES string of the molecule is CCN(CC)C(=O)C1(C(=O)Nc2cccc(NC(C)=O)c2)CC1. The highest BCUT2D eigenvalue weighted by Crippen LogP contribution is 2.48. The van der Waals surface area contributed by atoms with Crippen LogP contribution in [0.2, 0.25) is 0 Å². The summed E-state index contributed by atoms with van der Waals surface area (Å²) in [5.74, 6) is -0.545. The van der Waals surface area contributed by atoms with E-state index in [0.717, 1.165) is 0 Å². The maximum atomic E-state index is 12.6. The normalized spacial score (nSPS) is 14.7. The minimum atomic E-state index is -0.921. The molecule has 23 heavy (non-hydrogen) atoms. The Morgan fingerprint density at radius 1 is 1.09 bits per heavy atom. The second-order valence-electron chi connectivity index (χ2n) is 5.78. The summed E-state index contributed by atoms with van der Waals surface area (Å²) in [5, 5.41) is 5.47. The summed E-state index contributed by atoms with van der Waals surface area (Å²) in [6.07, 6.45) is 1.17. The Balaban J connectivity index is 2.10. The quantitative estimate of drug-likeness (QED) is 0.790. The van der Waals surface area contributed by atoms with Crippen molar-refractivity contribution in [2.45, 2.75) is 33.6 Å². The zero-order valence-corrected chi connectivity index (χ0v) is 13.8. The summed E-state index contributed by atoms with van der Waals surface area (Å²) < 4.78 is 0. The second kappa shape index (κ2) is 6.81. The van der Waals surface area contributed by atoms with E-state index in [0.29, 0.717) is 37.3 Å². The van der Waals surface area contributed by atoms with Crippen LogP contribution in [0.3, 0.4) is 0 Å². The number of anilines is 2. The number of carbonyl (C=O) groups is 3. The van der Waals surface area contributed by atoms with Crippen molar-refractivity contribution >= 4 is 29.1 Å². The van der Waals surface area contributed by atoms with E-state index in [1.165, 1.54) is 6.92 Å². The molecule has 0 spiro atoms. The second-order valence-corrected chi connectivity index (χ2v) is 5.78. The van der Waals surface area contributed by atoms with Crippen molar-refractivity contribution in [1.29, 1.82) is 0 Å². The van der Waals surface area contributed by atoms with Gasteiger partial charge in [-0.05, 0) is 44.9 Å². The number of hydrogen-bond acceptors (Lipinski definition) is 3. The fraction of sp³-hybridized carbons (Fsp3) is 0.471. The minimum absolute atomic E-state index is 0.0991. The van der Waals surface area contributed by atoms with E-state index in [9.17, 15) is 14.4 Å². The van der Waals surface area contributed by atoms with Crippen LogP contribution in [0.5, 0.6) is 0 Å². The summed E-state index contributed by atoms with van der Waals surface area (Å²) >= 11 is 0. The van der Waals surface area contributed by atoms with E-state index in [1.807, 2.05) is 13.8 Å². The molecule has 1 aromatic rings. The molecule has 0 saturated heterocycles. The summed E-state index contributed by atoms with van der Waals surface area (Å²) in [4.78, 5) is 37.9. The Morgan fingerprint density at radius 3 is 2.13 bits per heavy atom. The molecule has 6 nitrogen and oxygen atoms in total. The molecule has 0 bridgehead atoms. The molecule has 2 N–H and O–H groups in total. The summed E-state index contributed by atoms with van der Waals surface area (Å²) in [7, 11) is 0. The van der Waals surface area contributed by atoms with Crippen LogP contribution >= 0.6 is 0 Å². The zero-order valence-electron chi connectivity index (χ0n) is 13.8. The van der Waals surface area contributed by atoms with Gasteiger partial charge in [-0.3, -0.25) is 14.4 Å². The van der Waals surface area contributed by atoms with Crippen LogP contribution in [-0.4, -0.2) is 35.7 Å². The molecule has 2 rings (SSSR count). The zero-order chi connectivity index (χ0) is 17.0. The third kappa shape index (κ3) is 3.70. The van der Waals surface area contributed by atoms with Crippen molar-refractivity contribution in [1.82, 2.24) is 4.90 Å². The molecule has 0 atom stereocenters. The van der Waals surface area contributed by atoms with Crippen molar-refractivity contribution in [3.63, 3.8) is 0 Å². The lowest BCUT2D eigenvalue weighted by molar-refractivity contribution is -0.142. The molecule has 0 aliphatic heterocycles. The van der Waals surface area contributed by atoms with Crippen LogP contribution in [0.1, 0.15) is 33.6 Å². The molecule has 1 aliphatic carbocycles. The summed E-state index contributed by atoms with van der Waals surface area (Å²) in [6.45, 7) is 6.44. The number of amides is 3.